The molecule has 0 spiro atoms. The highest BCUT2D eigenvalue weighted by Crippen LogP contribution is 2.38. The number of aliphatic hydroxyl groups is 1. The lowest BCUT2D eigenvalue weighted by Gasteiger charge is -2.32. The second-order valence-corrected chi connectivity index (χ2v) is 5.49. The summed E-state index contributed by atoms with van der Waals surface area (Å²) in [5, 5.41) is 20.4. The molecule has 0 aliphatic heterocycles. The molecule has 116 valence electrons. The van der Waals surface area contributed by atoms with E-state index in [4.69, 9.17) is 4.74 Å². The van der Waals surface area contributed by atoms with Crippen LogP contribution < -0.4 is 4.90 Å². The van der Waals surface area contributed by atoms with Crippen LogP contribution in [0.3, 0.4) is 0 Å². The summed E-state index contributed by atoms with van der Waals surface area (Å²) in [6.45, 7) is 3.24. The SMILES string of the molecule is COCCN(c1ccc([N+](=O)[O-])cc1CO)C(C)C1CC1. The highest BCUT2D eigenvalue weighted by molar-refractivity contribution is 5.58. The van der Waals surface area contributed by atoms with E-state index < -0.39 is 4.92 Å². The zero-order valence-electron chi connectivity index (χ0n) is 12.5. The minimum absolute atomic E-state index is 0.00793. The number of nitro groups is 1. The van der Waals surface area contributed by atoms with Crippen LogP contribution in [0.2, 0.25) is 0 Å². The summed E-state index contributed by atoms with van der Waals surface area (Å²) < 4.78 is 5.17. The maximum absolute atomic E-state index is 10.9. The number of hydrogen-bond donors (Lipinski definition) is 1. The summed E-state index contributed by atoms with van der Waals surface area (Å²) in [7, 11) is 1.66. The van der Waals surface area contributed by atoms with Gasteiger partial charge in [0.05, 0.1) is 18.1 Å². The summed E-state index contributed by atoms with van der Waals surface area (Å²) in [4.78, 5) is 12.6. The fraction of sp³-hybridized carbons (Fsp3) is 0.600. The molecule has 1 unspecified atom stereocenters. The molecule has 1 atom stereocenters. The standard InChI is InChI=1S/C15H22N2O4/c1-11(12-3-4-12)16(7-8-21-2)15-6-5-14(17(19)20)9-13(15)10-18/h5-6,9,11-12,18H,3-4,7-8,10H2,1-2H3. The van der Waals surface area contributed by atoms with Crippen molar-refractivity contribution >= 4 is 11.4 Å². The molecule has 0 saturated heterocycles. The van der Waals surface area contributed by atoms with Crippen LogP contribution in [0.4, 0.5) is 11.4 Å². The number of nitrogens with zero attached hydrogens (tertiary/aromatic N) is 2. The van der Waals surface area contributed by atoms with Crippen LogP contribution >= 0.6 is 0 Å². The van der Waals surface area contributed by atoms with Crippen LogP contribution in [0.15, 0.2) is 18.2 Å². The monoisotopic (exact) mass is 294 g/mol. The van der Waals surface area contributed by atoms with Crippen LogP contribution in [0.25, 0.3) is 0 Å². The Kier molecular flexibility index (Phi) is 5.14. The number of methoxy groups -OCH3 is 1. The van der Waals surface area contributed by atoms with Gasteiger partial charge in [0, 0.05) is 43.1 Å². The molecule has 1 aromatic rings. The van der Waals surface area contributed by atoms with Crippen molar-refractivity contribution in [3.8, 4) is 0 Å². The van der Waals surface area contributed by atoms with E-state index >= 15 is 0 Å². The fourth-order valence-electron chi connectivity index (χ4n) is 2.66. The zero-order valence-corrected chi connectivity index (χ0v) is 12.5. The lowest BCUT2D eigenvalue weighted by Crippen LogP contribution is -2.38. The molecular formula is C15H22N2O4. The number of rotatable bonds is 8. The van der Waals surface area contributed by atoms with Crippen LogP contribution in [0.5, 0.6) is 0 Å². The molecule has 0 aromatic heterocycles. The van der Waals surface area contributed by atoms with Crippen molar-refractivity contribution in [3.05, 3.63) is 33.9 Å². The quantitative estimate of drug-likeness (QED) is 0.588. The topological polar surface area (TPSA) is 75.8 Å². The van der Waals surface area contributed by atoms with E-state index in [1.165, 1.54) is 25.0 Å². The van der Waals surface area contributed by atoms with Gasteiger partial charge in [0.1, 0.15) is 0 Å². The molecule has 21 heavy (non-hydrogen) atoms. The van der Waals surface area contributed by atoms with E-state index in [0.29, 0.717) is 30.7 Å². The second-order valence-electron chi connectivity index (χ2n) is 5.49. The first-order valence-electron chi connectivity index (χ1n) is 7.22. The lowest BCUT2D eigenvalue weighted by molar-refractivity contribution is -0.384. The minimum atomic E-state index is -0.438. The minimum Gasteiger partial charge on any atom is -0.392 e. The molecule has 1 N–H and O–H groups in total. The van der Waals surface area contributed by atoms with Crippen molar-refractivity contribution in [2.24, 2.45) is 5.92 Å². The maximum atomic E-state index is 10.9. The first-order chi connectivity index (χ1) is 10.1. The Labute approximate surface area is 124 Å². The van der Waals surface area contributed by atoms with Crippen molar-refractivity contribution in [1.29, 1.82) is 0 Å². The Morgan fingerprint density at radius 2 is 2.24 bits per heavy atom. The fourth-order valence-corrected chi connectivity index (χ4v) is 2.66. The molecule has 0 amide bonds. The largest absolute Gasteiger partial charge is 0.392 e. The predicted molar refractivity (Wildman–Crippen MR) is 80.4 cm³/mol. The van der Waals surface area contributed by atoms with Crippen molar-refractivity contribution in [3.63, 3.8) is 0 Å². The number of hydrogen-bond acceptors (Lipinski definition) is 5. The van der Waals surface area contributed by atoms with Gasteiger partial charge in [0.25, 0.3) is 5.69 Å². The van der Waals surface area contributed by atoms with E-state index in [2.05, 4.69) is 11.8 Å². The molecule has 6 heteroatoms. The number of aliphatic hydroxyl groups excluding tert-OH is 1. The molecule has 2 rings (SSSR count). The van der Waals surface area contributed by atoms with E-state index in [-0.39, 0.29) is 12.3 Å². The van der Waals surface area contributed by atoms with Crippen LogP contribution in [-0.2, 0) is 11.3 Å². The molecule has 1 fully saturated rings. The van der Waals surface area contributed by atoms with Gasteiger partial charge in [-0.25, -0.2) is 0 Å². The highest BCUT2D eigenvalue weighted by atomic mass is 16.6. The molecule has 0 heterocycles. The van der Waals surface area contributed by atoms with E-state index in [0.717, 1.165) is 5.69 Å². The summed E-state index contributed by atoms with van der Waals surface area (Å²) in [5.41, 5.74) is 1.46. The maximum Gasteiger partial charge on any atom is 0.269 e. The number of non-ortho nitro benzene ring substituents is 1. The van der Waals surface area contributed by atoms with Gasteiger partial charge in [-0.1, -0.05) is 0 Å². The van der Waals surface area contributed by atoms with Gasteiger partial charge in [-0.15, -0.1) is 0 Å². The van der Waals surface area contributed by atoms with Gasteiger partial charge >= 0.3 is 0 Å². The molecule has 1 aliphatic carbocycles. The highest BCUT2D eigenvalue weighted by Gasteiger charge is 2.33. The average Bonchev–Trinajstić information content (AvgIpc) is 3.31. The number of anilines is 1. The van der Waals surface area contributed by atoms with E-state index in [1.54, 1.807) is 13.2 Å². The first-order valence-corrected chi connectivity index (χ1v) is 7.22. The second kappa shape index (κ2) is 6.87. The van der Waals surface area contributed by atoms with E-state index in [9.17, 15) is 15.2 Å². The van der Waals surface area contributed by atoms with Crippen LogP contribution in [-0.4, -0.2) is 36.3 Å². The normalized spacial score (nSPS) is 15.8. The molecular weight excluding hydrogens is 272 g/mol. The van der Waals surface area contributed by atoms with Gasteiger partial charge in [-0.05, 0) is 31.7 Å². The summed E-state index contributed by atoms with van der Waals surface area (Å²) in [6, 6.07) is 5.02. The number of benzene rings is 1. The van der Waals surface area contributed by atoms with Crippen molar-refractivity contribution in [2.75, 3.05) is 25.2 Å². The molecule has 1 aliphatic rings. The first kappa shape index (κ1) is 15.7. The van der Waals surface area contributed by atoms with Gasteiger partial charge in [0.2, 0.25) is 0 Å². The van der Waals surface area contributed by atoms with Gasteiger partial charge in [-0.2, -0.15) is 0 Å². The van der Waals surface area contributed by atoms with E-state index in [1.807, 2.05) is 0 Å². The predicted octanol–water partition coefficient (Wildman–Crippen LogP) is 2.34. The van der Waals surface area contributed by atoms with Crippen molar-refractivity contribution < 1.29 is 14.8 Å². The van der Waals surface area contributed by atoms with Crippen LogP contribution in [0, 0.1) is 16.0 Å². The Balaban J connectivity index is 2.30. The third-order valence-corrected chi connectivity index (χ3v) is 4.09. The summed E-state index contributed by atoms with van der Waals surface area (Å²) in [5.74, 6) is 0.656. The molecule has 0 radical (unpaired) electrons. The number of nitro benzene ring substituents is 1. The Bertz CT molecular complexity index is 502. The third kappa shape index (κ3) is 3.71. The number of ether oxygens (including phenoxy) is 1. The summed E-state index contributed by atoms with van der Waals surface area (Å²) in [6.07, 6.45) is 2.43. The smallest absolute Gasteiger partial charge is 0.269 e. The molecule has 6 nitrogen and oxygen atoms in total. The van der Waals surface area contributed by atoms with Gasteiger partial charge in [0.15, 0.2) is 0 Å². The van der Waals surface area contributed by atoms with Gasteiger partial charge < -0.3 is 14.7 Å². The zero-order chi connectivity index (χ0) is 15.4. The molecule has 1 aromatic carbocycles. The Morgan fingerprint density at radius 1 is 1.52 bits per heavy atom. The molecule has 0 bridgehead atoms. The molecule has 1 saturated carbocycles. The Hall–Kier alpha value is -1.66. The third-order valence-electron chi connectivity index (χ3n) is 4.09. The lowest BCUT2D eigenvalue weighted by atomic mass is 10.1. The average molecular weight is 294 g/mol. The van der Waals surface area contributed by atoms with Crippen molar-refractivity contribution in [2.45, 2.75) is 32.4 Å². The van der Waals surface area contributed by atoms with Gasteiger partial charge in [-0.3, -0.25) is 10.1 Å². The van der Waals surface area contributed by atoms with Crippen LogP contribution in [0.1, 0.15) is 25.3 Å². The van der Waals surface area contributed by atoms with Crippen molar-refractivity contribution in [1.82, 2.24) is 0 Å². The Morgan fingerprint density at radius 3 is 2.76 bits per heavy atom. The summed E-state index contributed by atoms with van der Waals surface area (Å²) >= 11 is 0.